The van der Waals surface area contributed by atoms with Gasteiger partial charge in [-0.3, -0.25) is 14.9 Å². The average Bonchev–Trinajstić information content (AvgIpc) is 3.01. The van der Waals surface area contributed by atoms with E-state index in [-0.39, 0.29) is 11.3 Å². The zero-order chi connectivity index (χ0) is 24.0. The van der Waals surface area contributed by atoms with Crippen LogP contribution >= 0.6 is 27.5 Å². The second kappa shape index (κ2) is 8.61. The predicted molar refractivity (Wildman–Crippen MR) is 128 cm³/mol. The minimum atomic E-state index is -0.857. The monoisotopic (exact) mass is 529 g/mol. The molecule has 1 N–H and O–H groups in total. The van der Waals surface area contributed by atoms with Crippen LogP contribution in [0.15, 0.2) is 52.5 Å². The fourth-order valence-electron chi connectivity index (χ4n) is 3.74. The molecule has 0 bridgehead atoms. The molecule has 9 heteroatoms. The minimum Gasteiger partial charge on any atom is -0.315 e. The molecular weight excluding hydrogens is 513 g/mol. The number of carbonyl (C=O) groups excluding carboxylic acids is 3. The Hall–Kier alpha value is -3.23. The summed E-state index contributed by atoms with van der Waals surface area (Å²) in [4.78, 5) is 39.0. The molecular formula is C24H18BrClFN3O3. The quantitative estimate of drug-likeness (QED) is 0.353. The van der Waals surface area contributed by atoms with Gasteiger partial charge in [-0.15, -0.1) is 0 Å². The van der Waals surface area contributed by atoms with Crippen molar-refractivity contribution in [1.82, 2.24) is 9.88 Å². The summed E-state index contributed by atoms with van der Waals surface area (Å²) in [6.07, 6.45) is 1.41. The molecule has 0 radical (unpaired) electrons. The van der Waals surface area contributed by atoms with Gasteiger partial charge in [0.15, 0.2) is 0 Å². The SMILES string of the molecule is Cc1ccc(N2C(=O)NC(=O)/C(=C/c3cc(C)n(-c4ccc(Br)cc4F)c3C)C2=O)cc1Cl. The second-order valence-corrected chi connectivity index (χ2v) is 8.97. The van der Waals surface area contributed by atoms with E-state index in [1.165, 1.54) is 18.2 Å². The molecule has 0 aliphatic carbocycles. The van der Waals surface area contributed by atoms with Crippen LogP contribution in [0.25, 0.3) is 11.8 Å². The van der Waals surface area contributed by atoms with Gasteiger partial charge in [-0.2, -0.15) is 0 Å². The van der Waals surface area contributed by atoms with Crippen LogP contribution in [-0.4, -0.2) is 22.4 Å². The lowest BCUT2D eigenvalue weighted by molar-refractivity contribution is -0.122. The van der Waals surface area contributed by atoms with Crippen LogP contribution in [0.4, 0.5) is 14.9 Å². The Labute approximate surface area is 202 Å². The van der Waals surface area contributed by atoms with Crippen molar-refractivity contribution in [3.63, 3.8) is 0 Å². The molecule has 1 aliphatic heterocycles. The summed E-state index contributed by atoms with van der Waals surface area (Å²) in [5.41, 5.74) is 3.03. The molecule has 2 heterocycles. The molecule has 1 aromatic heterocycles. The fraction of sp³-hybridized carbons (Fsp3) is 0.125. The molecule has 4 amide bonds. The second-order valence-electron chi connectivity index (χ2n) is 7.65. The number of halogens is 3. The summed E-state index contributed by atoms with van der Waals surface area (Å²) in [6, 6.07) is 10.4. The highest BCUT2D eigenvalue weighted by atomic mass is 79.9. The lowest BCUT2D eigenvalue weighted by Crippen LogP contribution is -2.54. The summed E-state index contributed by atoms with van der Waals surface area (Å²) in [5, 5.41) is 2.58. The number of amides is 4. The van der Waals surface area contributed by atoms with E-state index in [4.69, 9.17) is 11.6 Å². The number of anilines is 1. The van der Waals surface area contributed by atoms with Crippen LogP contribution in [0.1, 0.15) is 22.5 Å². The third-order valence-electron chi connectivity index (χ3n) is 5.44. The Bertz CT molecular complexity index is 1380. The van der Waals surface area contributed by atoms with Gasteiger partial charge < -0.3 is 4.57 Å². The van der Waals surface area contributed by atoms with Crippen molar-refractivity contribution in [2.75, 3.05) is 4.90 Å². The lowest BCUT2D eigenvalue weighted by atomic mass is 10.1. The summed E-state index contributed by atoms with van der Waals surface area (Å²) >= 11 is 9.40. The molecule has 1 aliphatic rings. The molecule has 0 atom stereocenters. The molecule has 1 fully saturated rings. The predicted octanol–water partition coefficient (Wildman–Crippen LogP) is 5.62. The van der Waals surface area contributed by atoms with Crippen molar-refractivity contribution >= 4 is 57.1 Å². The number of hydrogen-bond donors (Lipinski definition) is 1. The number of nitrogens with zero attached hydrogens (tertiary/aromatic N) is 2. The van der Waals surface area contributed by atoms with E-state index in [2.05, 4.69) is 21.2 Å². The van der Waals surface area contributed by atoms with Crippen molar-refractivity contribution in [1.29, 1.82) is 0 Å². The highest BCUT2D eigenvalue weighted by molar-refractivity contribution is 9.10. The van der Waals surface area contributed by atoms with Crippen LogP contribution in [0.3, 0.4) is 0 Å². The van der Waals surface area contributed by atoms with Crippen LogP contribution in [-0.2, 0) is 9.59 Å². The van der Waals surface area contributed by atoms with E-state index in [1.54, 1.807) is 55.7 Å². The van der Waals surface area contributed by atoms with E-state index < -0.39 is 23.7 Å². The maximum absolute atomic E-state index is 14.6. The van der Waals surface area contributed by atoms with E-state index in [1.807, 2.05) is 0 Å². The van der Waals surface area contributed by atoms with Gasteiger partial charge in [0, 0.05) is 20.9 Å². The third-order valence-corrected chi connectivity index (χ3v) is 6.34. The Morgan fingerprint density at radius 1 is 1.03 bits per heavy atom. The number of aryl methyl sites for hydroxylation is 2. The molecule has 6 nitrogen and oxygen atoms in total. The van der Waals surface area contributed by atoms with Gasteiger partial charge >= 0.3 is 6.03 Å². The summed E-state index contributed by atoms with van der Waals surface area (Å²) in [7, 11) is 0. The zero-order valence-corrected chi connectivity index (χ0v) is 20.2. The smallest absolute Gasteiger partial charge is 0.315 e. The highest BCUT2D eigenvalue weighted by Gasteiger charge is 2.37. The van der Waals surface area contributed by atoms with Crippen LogP contribution in [0.5, 0.6) is 0 Å². The van der Waals surface area contributed by atoms with Gasteiger partial charge in [0.05, 0.1) is 11.4 Å². The van der Waals surface area contributed by atoms with E-state index in [0.717, 1.165) is 10.5 Å². The number of nitrogens with one attached hydrogen (secondary N) is 1. The first-order chi connectivity index (χ1) is 15.6. The molecule has 3 aromatic rings. The zero-order valence-electron chi connectivity index (χ0n) is 17.9. The molecule has 2 aromatic carbocycles. The van der Waals surface area contributed by atoms with E-state index in [0.29, 0.717) is 32.1 Å². The molecule has 33 heavy (non-hydrogen) atoms. The van der Waals surface area contributed by atoms with Crippen molar-refractivity contribution in [3.8, 4) is 5.69 Å². The number of rotatable bonds is 3. The van der Waals surface area contributed by atoms with Crippen molar-refractivity contribution < 1.29 is 18.8 Å². The van der Waals surface area contributed by atoms with Gasteiger partial charge in [0.25, 0.3) is 11.8 Å². The van der Waals surface area contributed by atoms with E-state index >= 15 is 0 Å². The normalized spacial score (nSPS) is 15.4. The number of benzene rings is 2. The maximum Gasteiger partial charge on any atom is 0.335 e. The van der Waals surface area contributed by atoms with Crippen molar-refractivity contribution in [2.24, 2.45) is 0 Å². The number of carbonyl (C=O) groups is 3. The number of imide groups is 2. The first kappa shape index (κ1) is 22.9. The Balaban J connectivity index is 1.78. The fourth-order valence-corrected chi connectivity index (χ4v) is 4.24. The largest absolute Gasteiger partial charge is 0.335 e. The van der Waals surface area contributed by atoms with Crippen molar-refractivity contribution in [3.05, 3.63) is 85.9 Å². The van der Waals surface area contributed by atoms with E-state index in [9.17, 15) is 18.8 Å². The van der Waals surface area contributed by atoms with Gasteiger partial charge in [0.1, 0.15) is 11.4 Å². The van der Waals surface area contributed by atoms with Gasteiger partial charge in [0.2, 0.25) is 0 Å². The minimum absolute atomic E-state index is 0.220. The van der Waals surface area contributed by atoms with Crippen molar-refractivity contribution in [2.45, 2.75) is 20.8 Å². The lowest BCUT2D eigenvalue weighted by Gasteiger charge is -2.26. The van der Waals surface area contributed by atoms with Gasteiger partial charge in [-0.05, 0) is 74.4 Å². The number of urea groups is 1. The molecule has 0 unspecified atom stereocenters. The summed E-state index contributed by atoms with van der Waals surface area (Å²) in [5.74, 6) is -2.01. The first-order valence-electron chi connectivity index (χ1n) is 9.90. The van der Waals surface area contributed by atoms with Crippen LogP contribution < -0.4 is 10.2 Å². The number of aromatic nitrogens is 1. The van der Waals surface area contributed by atoms with Gasteiger partial charge in [-0.1, -0.05) is 33.6 Å². The Morgan fingerprint density at radius 2 is 1.76 bits per heavy atom. The molecule has 0 spiro atoms. The Morgan fingerprint density at radius 3 is 2.42 bits per heavy atom. The summed E-state index contributed by atoms with van der Waals surface area (Å²) < 4.78 is 16.9. The average molecular weight is 531 g/mol. The summed E-state index contributed by atoms with van der Waals surface area (Å²) in [6.45, 7) is 5.35. The molecule has 4 rings (SSSR count). The molecule has 0 saturated carbocycles. The highest BCUT2D eigenvalue weighted by Crippen LogP contribution is 2.29. The molecule has 168 valence electrons. The first-order valence-corrected chi connectivity index (χ1v) is 11.1. The number of barbiturate groups is 1. The van der Waals surface area contributed by atoms with Gasteiger partial charge in [-0.25, -0.2) is 14.1 Å². The number of hydrogen-bond acceptors (Lipinski definition) is 3. The topological polar surface area (TPSA) is 71.4 Å². The third kappa shape index (κ3) is 4.12. The van der Waals surface area contributed by atoms with Crippen LogP contribution in [0, 0.1) is 26.6 Å². The maximum atomic E-state index is 14.6. The molecule has 1 saturated heterocycles. The Kier molecular flexibility index (Phi) is 5.99. The van der Waals surface area contributed by atoms with Crippen LogP contribution in [0.2, 0.25) is 5.02 Å². The standard InChI is InChI=1S/C24H18BrClFN3O3/c1-12-4-6-17(11-19(12)26)30-23(32)18(22(31)28-24(30)33)9-15-8-13(2)29(14(15)3)21-7-5-16(25)10-20(21)27/h4-11H,1-3H3,(H,28,31,33)/b18-9-.